The zero-order chi connectivity index (χ0) is 33.3. The van der Waals surface area contributed by atoms with Crippen molar-refractivity contribution in [1.29, 1.82) is 0 Å². The lowest BCUT2D eigenvalue weighted by Gasteiger charge is -2.49. The van der Waals surface area contributed by atoms with Crippen LogP contribution in [0.25, 0.3) is 0 Å². The van der Waals surface area contributed by atoms with Gasteiger partial charge in [0.2, 0.25) is 0 Å². The van der Waals surface area contributed by atoms with Crippen LogP contribution in [0.3, 0.4) is 0 Å². The highest BCUT2D eigenvalue weighted by Gasteiger charge is 2.54. The highest BCUT2D eigenvalue weighted by atomic mass is 16.7. The van der Waals surface area contributed by atoms with Gasteiger partial charge >= 0.3 is 18.3 Å². The van der Waals surface area contributed by atoms with E-state index in [9.17, 15) is 34.8 Å². The fourth-order valence-corrected chi connectivity index (χ4v) is 4.92. The van der Waals surface area contributed by atoms with Crippen molar-refractivity contribution < 1.29 is 58.5 Å². The molecule has 0 aromatic heterocycles. The quantitative estimate of drug-likeness (QED) is 0.238. The first-order valence-corrected chi connectivity index (χ1v) is 14.3. The summed E-state index contributed by atoms with van der Waals surface area (Å²) in [6.45, 7) is 16.0. The summed E-state index contributed by atoms with van der Waals surface area (Å²) in [5.74, 6) is 0. The normalized spacial score (nSPS) is 33.7. The maximum absolute atomic E-state index is 12.8. The molecule has 2 fully saturated rings. The summed E-state index contributed by atoms with van der Waals surface area (Å²) in [5.41, 5.74) is -4.28. The van der Waals surface area contributed by atoms with Crippen molar-refractivity contribution in [3.63, 3.8) is 0 Å². The summed E-state index contributed by atoms with van der Waals surface area (Å²) in [5, 5.41) is 49.5. The summed E-state index contributed by atoms with van der Waals surface area (Å²) in [7, 11) is 1.35. The monoisotopic (exact) mass is 621 g/mol. The first kappa shape index (κ1) is 36.8. The lowest BCUT2D eigenvalue weighted by atomic mass is 9.83. The van der Waals surface area contributed by atoms with Gasteiger partial charge in [-0.25, -0.2) is 14.4 Å². The topological polar surface area (TPSA) is 206 Å². The number of carbonyl (C=O) groups excluding carboxylic acids is 3. The molecule has 1 saturated carbocycles. The van der Waals surface area contributed by atoms with Gasteiger partial charge in [-0.2, -0.15) is 0 Å². The maximum atomic E-state index is 12.8. The lowest BCUT2D eigenvalue weighted by molar-refractivity contribution is -0.305. The molecule has 0 aromatic carbocycles. The van der Waals surface area contributed by atoms with Crippen molar-refractivity contribution in [1.82, 2.24) is 15.5 Å². The molecule has 0 radical (unpaired) electrons. The Hall–Kier alpha value is -2.43. The van der Waals surface area contributed by atoms with Crippen LogP contribution in [0.5, 0.6) is 0 Å². The molecule has 15 nitrogen and oxygen atoms in total. The van der Waals surface area contributed by atoms with Crippen molar-refractivity contribution >= 4 is 18.3 Å². The first-order chi connectivity index (χ1) is 19.3. The number of hydrogen-bond donors (Lipinski definition) is 6. The van der Waals surface area contributed by atoms with E-state index in [0.717, 1.165) is 4.90 Å². The van der Waals surface area contributed by atoms with Gasteiger partial charge in [-0.15, -0.1) is 0 Å². The molecule has 15 heteroatoms. The largest absolute Gasteiger partial charge is 0.444 e. The zero-order valence-electron chi connectivity index (χ0n) is 27.0. The molecule has 1 saturated heterocycles. The van der Waals surface area contributed by atoms with Gasteiger partial charge in [0.05, 0.1) is 24.7 Å². The predicted molar refractivity (Wildman–Crippen MR) is 152 cm³/mol. The van der Waals surface area contributed by atoms with Gasteiger partial charge in [-0.1, -0.05) is 0 Å². The fourth-order valence-electron chi connectivity index (χ4n) is 4.92. The van der Waals surface area contributed by atoms with Gasteiger partial charge in [-0.05, 0) is 75.7 Å². The molecule has 6 N–H and O–H groups in total. The van der Waals surface area contributed by atoms with Gasteiger partial charge in [0.15, 0.2) is 6.29 Å². The Kier molecular flexibility index (Phi) is 11.4. The van der Waals surface area contributed by atoms with Crippen LogP contribution in [0, 0.1) is 0 Å². The molecule has 9 atom stereocenters. The molecule has 0 bridgehead atoms. The van der Waals surface area contributed by atoms with Gasteiger partial charge in [-0.3, -0.25) is 0 Å². The van der Waals surface area contributed by atoms with E-state index >= 15 is 0 Å². The number of likely N-dealkylation sites (N-methyl/N-ethyl adjacent to an activating group) is 1. The second kappa shape index (κ2) is 13.3. The van der Waals surface area contributed by atoms with Crippen LogP contribution in [0.4, 0.5) is 14.4 Å². The SMILES string of the molecule is CN(C(=O)OC(C)(C)C)C1[C@@H](O)[C@@H](OC2[C@@H](O)[C@H](O)C(NC(=O)OC(C)(C)C)C[C@H]2NC(=O)OC(C)(C)C)OC[C@]1(C)O. The third kappa shape index (κ3) is 10.6. The predicted octanol–water partition coefficient (Wildman–Crippen LogP) is 0.987. The number of nitrogens with one attached hydrogen (secondary N) is 2. The van der Waals surface area contributed by atoms with Crippen LogP contribution in [0.2, 0.25) is 0 Å². The Morgan fingerprint density at radius 2 is 1.26 bits per heavy atom. The van der Waals surface area contributed by atoms with Crippen LogP contribution in [-0.4, -0.2) is 128 Å². The van der Waals surface area contributed by atoms with Crippen LogP contribution in [0.15, 0.2) is 0 Å². The molecule has 1 aliphatic heterocycles. The highest BCUT2D eigenvalue weighted by Crippen LogP contribution is 2.33. The minimum atomic E-state index is -1.73. The van der Waals surface area contributed by atoms with E-state index in [0.29, 0.717) is 0 Å². The molecule has 1 aliphatic carbocycles. The van der Waals surface area contributed by atoms with Gasteiger partial charge in [0.25, 0.3) is 0 Å². The molecule has 250 valence electrons. The van der Waals surface area contributed by atoms with Crippen molar-refractivity contribution in [3.8, 4) is 0 Å². The highest BCUT2D eigenvalue weighted by molar-refractivity contribution is 5.69. The number of aliphatic hydroxyl groups is 4. The number of ether oxygens (including phenoxy) is 5. The summed E-state index contributed by atoms with van der Waals surface area (Å²) < 4.78 is 27.6. The molecule has 2 rings (SSSR count). The summed E-state index contributed by atoms with van der Waals surface area (Å²) in [6.07, 6.45) is -10.5. The van der Waals surface area contributed by atoms with Crippen LogP contribution in [0.1, 0.15) is 75.7 Å². The van der Waals surface area contributed by atoms with Crippen molar-refractivity contribution in [2.75, 3.05) is 13.7 Å². The minimum absolute atomic E-state index is 0.136. The summed E-state index contributed by atoms with van der Waals surface area (Å²) in [6, 6.07) is -3.42. The van der Waals surface area contributed by atoms with Crippen LogP contribution < -0.4 is 10.6 Å². The van der Waals surface area contributed by atoms with Crippen molar-refractivity contribution in [2.45, 2.75) is 147 Å². The fraction of sp³-hybridized carbons (Fsp3) is 0.893. The van der Waals surface area contributed by atoms with Crippen molar-refractivity contribution in [3.05, 3.63) is 0 Å². The average molecular weight is 622 g/mol. The maximum Gasteiger partial charge on any atom is 0.410 e. The number of rotatable bonds is 5. The zero-order valence-corrected chi connectivity index (χ0v) is 27.0. The molecule has 0 aromatic rings. The molecular weight excluding hydrogens is 570 g/mol. The Morgan fingerprint density at radius 3 is 1.72 bits per heavy atom. The Labute approximate surface area is 253 Å². The number of nitrogens with zero attached hydrogens (tertiary/aromatic N) is 1. The molecule has 2 aliphatic rings. The lowest BCUT2D eigenvalue weighted by Crippen LogP contribution is -2.70. The van der Waals surface area contributed by atoms with E-state index in [2.05, 4.69) is 10.6 Å². The van der Waals surface area contributed by atoms with E-state index < -0.39 is 89.5 Å². The van der Waals surface area contributed by atoms with E-state index in [-0.39, 0.29) is 13.0 Å². The van der Waals surface area contributed by atoms with Crippen LogP contribution in [-0.2, 0) is 23.7 Å². The molecular formula is C28H51N3O12. The second-order valence-electron chi connectivity index (χ2n) is 14.4. The Balaban J connectivity index is 2.33. The third-order valence-corrected chi connectivity index (χ3v) is 6.58. The number of carbonyl (C=O) groups is 3. The van der Waals surface area contributed by atoms with Crippen molar-refractivity contribution in [2.24, 2.45) is 0 Å². The van der Waals surface area contributed by atoms with Gasteiger partial charge < -0.3 is 59.6 Å². The Bertz CT molecular complexity index is 987. The third-order valence-electron chi connectivity index (χ3n) is 6.58. The van der Waals surface area contributed by atoms with Gasteiger partial charge in [0.1, 0.15) is 46.8 Å². The number of alkyl carbamates (subject to hydrolysis) is 2. The average Bonchev–Trinajstić information content (AvgIpc) is 2.77. The number of amides is 3. The summed E-state index contributed by atoms with van der Waals surface area (Å²) >= 11 is 0. The van der Waals surface area contributed by atoms with E-state index in [1.54, 1.807) is 62.3 Å². The molecule has 3 amide bonds. The molecule has 43 heavy (non-hydrogen) atoms. The first-order valence-electron chi connectivity index (χ1n) is 14.3. The standard InChI is InChI=1S/C28H51N3O12/c1-25(2,3)41-22(35)29-14-12-15(30-23(36)42-26(4,5)6)19(17(33)16(14)32)40-21-18(34)20(28(10,38)13-39-21)31(11)24(37)43-27(7,8)9/h14-21,32-34,38H,12-13H2,1-11H3,(H,29,35)(H,30,36)/t14?,15-,16-,17+,18-,19?,20?,21-,28+/m1/s1. The summed E-state index contributed by atoms with van der Waals surface area (Å²) in [4.78, 5) is 39.0. The molecule has 3 unspecified atom stereocenters. The number of hydrogen-bond acceptors (Lipinski definition) is 12. The van der Waals surface area contributed by atoms with Crippen LogP contribution >= 0.6 is 0 Å². The van der Waals surface area contributed by atoms with E-state index in [4.69, 9.17) is 23.7 Å². The Morgan fingerprint density at radius 1 is 0.791 bits per heavy atom. The number of aliphatic hydroxyl groups excluding tert-OH is 3. The van der Waals surface area contributed by atoms with E-state index in [1.807, 2.05) is 0 Å². The van der Waals surface area contributed by atoms with Gasteiger partial charge in [0, 0.05) is 7.05 Å². The molecule has 0 spiro atoms. The smallest absolute Gasteiger partial charge is 0.410 e. The molecule has 1 heterocycles. The van der Waals surface area contributed by atoms with E-state index in [1.165, 1.54) is 14.0 Å². The second-order valence-corrected chi connectivity index (χ2v) is 14.4. The minimum Gasteiger partial charge on any atom is -0.444 e.